The number of amides is 1. The Hall–Kier alpha value is -3.03. The summed E-state index contributed by atoms with van der Waals surface area (Å²) >= 11 is 0. The van der Waals surface area contributed by atoms with E-state index >= 15 is 0 Å². The van der Waals surface area contributed by atoms with Gasteiger partial charge < -0.3 is 9.32 Å². The average Bonchev–Trinajstić information content (AvgIpc) is 3.30. The molecule has 4 heterocycles. The number of hydrogen-bond donors (Lipinski definition) is 0. The van der Waals surface area contributed by atoms with Gasteiger partial charge in [0, 0.05) is 37.0 Å². The second-order valence-electron chi connectivity index (χ2n) is 5.94. The molecule has 0 bridgehead atoms. The minimum atomic E-state index is -0.0950. The molecule has 0 saturated carbocycles. The molecule has 0 N–H and O–H groups in total. The van der Waals surface area contributed by atoms with E-state index in [1.807, 2.05) is 4.68 Å². The first kappa shape index (κ1) is 15.5. The van der Waals surface area contributed by atoms with Crippen LogP contribution in [0.15, 0.2) is 35.7 Å². The number of hydrogen-bond acceptors (Lipinski definition) is 6. The van der Waals surface area contributed by atoms with Crippen LogP contribution in [0.3, 0.4) is 0 Å². The topological polar surface area (TPSA) is 89.9 Å². The zero-order valence-corrected chi connectivity index (χ0v) is 13.9. The molecule has 25 heavy (non-hydrogen) atoms. The van der Waals surface area contributed by atoms with Gasteiger partial charge in [0.05, 0.1) is 6.54 Å². The van der Waals surface area contributed by atoms with Crippen LogP contribution in [0.5, 0.6) is 0 Å². The SMILES string of the molecule is CCCn1nc(-c2cocn2)c2c1CCN(C(=O)c1ccncn1)C2. The molecule has 3 aromatic rings. The summed E-state index contributed by atoms with van der Waals surface area (Å²) in [6, 6.07) is 1.64. The highest BCUT2D eigenvalue weighted by atomic mass is 16.3. The third-order valence-electron chi connectivity index (χ3n) is 4.33. The molecule has 0 fully saturated rings. The van der Waals surface area contributed by atoms with E-state index in [2.05, 4.69) is 21.9 Å². The third-order valence-corrected chi connectivity index (χ3v) is 4.33. The van der Waals surface area contributed by atoms with Gasteiger partial charge in [0.2, 0.25) is 0 Å². The van der Waals surface area contributed by atoms with Gasteiger partial charge in [-0.2, -0.15) is 5.10 Å². The van der Waals surface area contributed by atoms with Crippen LogP contribution in [0.1, 0.15) is 35.1 Å². The highest BCUT2D eigenvalue weighted by Crippen LogP contribution is 2.30. The van der Waals surface area contributed by atoms with Crippen LogP contribution in [0.2, 0.25) is 0 Å². The molecule has 0 aliphatic carbocycles. The summed E-state index contributed by atoms with van der Waals surface area (Å²) < 4.78 is 7.15. The quantitative estimate of drug-likeness (QED) is 0.722. The number of nitrogens with zero attached hydrogens (tertiary/aromatic N) is 6. The molecule has 8 heteroatoms. The number of fused-ring (bicyclic) bond motifs is 1. The summed E-state index contributed by atoms with van der Waals surface area (Å²) in [7, 11) is 0. The highest BCUT2D eigenvalue weighted by Gasteiger charge is 2.29. The number of rotatable bonds is 4. The lowest BCUT2D eigenvalue weighted by molar-refractivity contribution is 0.0727. The van der Waals surface area contributed by atoms with Crippen molar-refractivity contribution in [3.63, 3.8) is 0 Å². The Balaban J connectivity index is 1.69. The minimum Gasteiger partial charge on any atom is -0.451 e. The van der Waals surface area contributed by atoms with Crippen LogP contribution >= 0.6 is 0 Å². The van der Waals surface area contributed by atoms with Crippen LogP contribution in [0.4, 0.5) is 0 Å². The molecule has 0 saturated heterocycles. The van der Waals surface area contributed by atoms with E-state index in [-0.39, 0.29) is 5.91 Å². The lowest BCUT2D eigenvalue weighted by Crippen LogP contribution is -2.36. The van der Waals surface area contributed by atoms with Crippen LogP contribution < -0.4 is 0 Å². The molecule has 3 aromatic heterocycles. The van der Waals surface area contributed by atoms with Crippen molar-refractivity contribution in [1.82, 2.24) is 29.6 Å². The Morgan fingerprint density at radius 1 is 1.36 bits per heavy atom. The first-order valence-electron chi connectivity index (χ1n) is 8.30. The van der Waals surface area contributed by atoms with E-state index < -0.39 is 0 Å². The molecule has 1 amide bonds. The van der Waals surface area contributed by atoms with Crippen molar-refractivity contribution in [3.05, 3.63) is 48.2 Å². The van der Waals surface area contributed by atoms with E-state index in [0.29, 0.717) is 24.5 Å². The standard InChI is InChI=1S/C17H18N6O2/c1-2-6-23-15-4-7-22(17(24)13-3-5-18-10-19-13)8-12(15)16(21-23)14-9-25-11-20-14/h3,5,9-11H,2,4,6-8H2,1H3. The Bertz CT molecular complexity index is 872. The third kappa shape index (κ3) is 2.79. The Labute approximate surface area is 144 Å². The fraction of sp³-hybridized carbons (Fsp3) is 0.353. The van der Waals surface area contributed by atoms with E-state index in [0.717, 1.165) is 30.6 Å². The monoisotopic (exact) mass is 338 g/mol. The smallest absolute Gasteiger partial charge is 0.272 e. The molecule has 128 valence electrons. The van der Waals surface area contributed by atoms with E-state index in [9.17, 15) is 4.79 Å². The summed E-state index contributed by atoms with van der Waals surface area (Å²) in [6.07, 6.45) is 7.71. The summed E-state index contributed by atoms with van der Waals surface area (Å²) in [5.41, 5.74) is 4.10. The molecule has 1 aliphatic heterocycles. The van der Waals surface area contributed by atoms with Crippen molar-refractivity contribution in [2.45, 2.75) is 32.9 Å². The van der Waals surface area contributed by atoms with Crippen LogP contribution in [0, 0.1) is 0 Å². The molecule has 0 radical (unpaired) electrons. The fourth-order valence-corrected chi connectivity index (χ4v) is 3.18. The number of carbonyl (C=O) groups is 1. The maximum Gasteiger partial charge on any atom is 0.272 e. The summed E-state index contributed by atoms with van der Waals surface area (Å²) in [5, 5.41) is 4.72. The Morgan fingerprint density at radius 2 is 2.28 bits per heavy atom. The maximum atomic E-state index is 12.7. The number of carbonyl (C=O) groups excluding carboxylic acids is 1. The van der Waals surface area contributed by atoms with E-state index in [4.69, 9.17) is 9.52 Å². The molecule has 4 rings (SSSR count). The Kier molecular flexibility index (Phi) is 4.01. The van der Waals surface area contributed by atoms with Gasteiger partial charge in [-0.3, -0.25) is 9.48 Å². The van der Waals surface area contributed by atoms with Crippen molar-refractivity contribution in [3.8, 4) is 11.4 Å². The minimum absolute atomic E-state index is 0.0950. The average molecular weight is 338 g/mol. The van der Waals surface area contributed by atoms with Crippen LogP contribution in [-0.4, -0.2) is 42.1 Å². The molecule has 0 unspecified atom stereocenters. The maximum absolute atomic E-state index is 12.7. The molecule has 0 atom stereocenters. The molecule has 0 spiro atoms. The zero-order chi connectivity index (χ0) is 17.2. The van der Waals surface area contributed by atoms with Gasteiger partial charge in [0.1, 0.15) is 29.7 Å². The van der Waals surface area contributed by atoms with Crippen molar-refractivity contribution < 1.29 is 9.21 Å². The molecule has 1 aliphatic rings. The van der Waals surface area contributed by atoms with Gasteiger partial charge in [0.25, 0.3) is 5.91 Å². The van der Waals surface area contributed by atoms with Crippen molar-refractivity contribution >= 4 is 5.91 Å². The number of oxazole rings is 1. The highest BCUT2D eigenvalue weighted by molar-refractivity contribution is 5.92. The van der Waals surface area contributed by atoms with Crippen molar-refractivity contribution in [2.24, 2.45) is 0 Å². The van der Waals surface area contributed by atoms with Crippen molar-refractivity contribution in [2.75, 3.05) is 6.54 Å². The lowest BCUT2D eigenvalue weighted by Gasteiger charge is -2.27. The van der Waals surface area contributed by atoms with Gasteiger partial charge in [0.15, 0.2) is 6.39 Å². The first-order valence-corrected chi connectivity index (χ1v) is 8.30. The summed E-state index contributed by atoms with van der Waals surface area (Å²) in [4.78, 5) is 26.7. The number of aromatic nitrogens is 5. The lowest BCUT2D eigenvalue weighted by atomic mass is 10.0. The largest absolute Gasteiger partial charge is 0.451 e. The van der Waals surface area contributed by atoms with Gasteiger partial charge in [-0.1, -0.05) is 6.92 Å². The zero-order valence-electron chi connectivity index (χ0n) is 13.9. The second kappa shape index (κ2) is 6.46. The van der Waals surface area contributed by atoms with Gasteiger partial charge in [-0.15, -0.1) is 0 Å². The van der Waals surface area contributed by atoms with Crippen LogP contribution in [0.25, 0.3) is 11.4 Å². The fourth-order valence-electron chi connectivity index (χ4n) is 3.18. The van der Waals surface area contributed by atoms with Gasteiger partial charge >= 0.3 is 0 Å². The molecular formula is C17H18N6O2. The normalized spacial score (nSPS) is 13.7. The van der Waals surface area contributed by atoms with E-state index in [1.165, 1.54) is 18.4 Å². The number of aryl methyl sites for hydroxylation is 1. The van der Waals surface area contributed by atoms with Crippen LogP contribution in [-0.2, 0) is 19.5 Å². The predicted octanol–water partition coefficient (Wildman–Crippen LogP) is 1.94. The van der Waals surface area contributed by atoms with E-state index in [1.54, 1.807) is 23.4 Å². The Morgan fingerprint density at radius 3 is 3.00 bits per heavy atom. The second-order valence-corrected chi connectivity index (χ2v) is 5.94. The molecule has 8 nitrogen and oxygen atoms in total. The molecular weight excluding hydrogens is 320 g/mol. The van der Waals surface area contributed by atoms with Gasteiger partial charge in [-0.25, -0.2) is 15.0 Å². The predicted molar refractivity (Wildman–Crippen MR) is 88.5 cm³/mol. The van der Waals surface area contributed by atoms with Gasteiger partial charge in [-0.05, 0) is 12.5 Å². The summed E-state index contributed by atoms with van der Waals surface area (Å²) in [6.45, 7) is 4.10. The summed E-state index contributed by atoms with van der Waals surface area (Å²) in [5.74, 6) is -0.0950. The molecule has 0 aromatic carbocycles. The van der Waals surface area contributed by atoms with Crippen molar-refractivity contribution in [1.29, 1.82) is 0 Å². The first-order chi connectivity index (χ1) is 12.3.